The molecule has 0 aromatic heterocycles. The molecule has 30 heavy (non-hydrogen) atoms. The van der Waals surface area contributed by atoms with Crippen LogP contribution in [0.2, 0.25) is 0 Å². The zero-order valence-corrected chi connectivity index (χ0v) is 18.9. The highest BCUT2D eigenvalue weighted by Crippen LogP contribution is 2.43. The topological polar surface area (TPSA) is 37.3 Å². The Morgan fingerprint density at radius 2 is 1.90 bits per heavy atom. The fourth-order valence-corrected chi connectivity index (χ4v) is 4.66. The standard InChI is InChI=1S/C28H36O2/c1-5-6-7-8-22(12-9-21-10-13-23(14-11-21)27(29)30)24-15-16-26-25(19-24)20(2)17-18-28(26,3)4/h9-16,19-20,22H,5-8,17-18H2,1-4H3,(H,29,30). The van der Waals surface area contributed by atoms with Crippen LogP contribution < -0.4 is 0 Å². The van der Waals surface area contributed by atoms with Gasteiger partial charge in [0.15, 0.2) is 0 Å². The van der Waals surface area contributed by atoms with Gasteiger partial charge in [0.1, 0.15) is 0 Å². The fourth-order valence-electron chi connectivity index (χ4n) is 4.66. The molecule has 2 atom stereocenters. The van der Waals surface area contributed by atoms with Crippen molar-refractivity contribution >= 4 is 12.0 Å². The largest absolute Gasteiger partial charge is 0.478 e. The minimum absolute atomic E-state index is 0.264. The van der Waals surface area contributed by atoms with Crippen LogP contribution in [0.15, 0.2) is 48.5 Å². The first-order chi connectivity index (χ1) is 14.3. The lowest BCUT2D eigenvalue weighted by Crippen LogP contribution is -2.25. The summed E-state index contributed by atoms with van der Waals surface area (Å²) in [6.45, 7) is 9.36. The average molecular weight is 405 g/mol. The first-order valence-corrected chi connectivity index (χ1v) is 11.5. The third-order valence-electron chi connectivity index (χ3n) is 6.76. The summed E-state index contributed by atoms with van der Waals surface area (Å²) in [5.74, 6) is 0.129. The first-order valence-electron chi connectivity index (χ1n) is 11.5. The molecule has 1 aliphatic carbocycles. The molecular weight excluding hydrogens is 368 g/mol. The van der Waals surface area contributed by atoms with Crippen molar-refractivity contribution in [3.05, 3.63) is 76.4 Å². The van der Waals surface area contributed by atoms with Crippen molar-refractivity contribution in [2.24, 2.45) is 0 Å². The monoisotopic (exact) mass is 404 g/mol. The zero-order valence-electron chi connectivity index (χ0n) is 18.9. The van der Waals surface area contributed by atoms with Gasteiger partial charge in [-0.1, -0.05) is 89.4 Å². The van der Waals surface area contributed by atoms with Crippen LogP contribution in [0.1, 0.15) is 111 Å². The van der Waals surface area contributed by atoms with Gasteiger partial charge < -0.3 is 5.11 Å². The van der Waals surface area contributed by atoms with Gasteiger partial charge in [0, 0.05) is 5.92 Å². The maximum absolute atomic E-state index is 11.1. The van der Waals surface area contributed by atoms with E-state index in [0.29, 0.717) is 17.4 Å². The number of benzene rings is 2. The van der Waals surface area contributed by atoms with Crippen LogP contribution >= 0.6 is 0 Å². The Bertz CT molecular complexity index is 889. The first kappa shape index (κ1) is 22.3. The fraction of sp³-hybridized carbons (Fsp3) is 0.464. The summed E-state index contributed by atoms with van der Waals surface area (Å²) < 4.78 is 0. The number of carbonyl (C=O) groups is 1. The van der Waals surface area contributed by atoms with E-state index in [2.05, 4.69) is 58.0 Å². The van der Waals surface area contributed by atoms with Gasteiger partial charge in [-0.2, -0.15) is 0 Å². The molecule has 3 rings (SSSR count). The number of carboxylic acids is 1. The van der Waals surface area contributed by atoms with Gasteiger partial charge in [-0.05, 0) is 65.0 Å². The van der Waals surface area contributed by atoms with Crippen LogP contribution in [-0.4, -0.2) is 11.1 Å². The molecule has 1 aliphatic rings. The average Bonchev–Trinajstić information content (AvgIpc) is 2.73. The maximum atomic E-state index is 11.1. The summed E-state index contributed by atoms with van der Waals surface area (Å²) in [4.78, 5) is 11.1. The lowest BCUT2D eigenvalue weighted by atomic mass is 9.68. The van der Waals surface area contributed by atoms with E-state index >= 15 is 0 Å². The second-order valence-electron chi connectivity index (χ2n) is 9.56. The van der Waals surface area contributed by atoms with Crippen molar-refractivity contribution in [1.82, 2.24) is 0 Å². The molecule has 2 unspecified atom stereocenters. The van der Waals surface area contributed by atoms with Gasteiger partial charge in [0.2, 0.25) is 0 Å². The second kappa shape index (κ2) is 9.64. The summed E-state index contributed by atoms with van der Waals surface area (Å²) in [6.07, 6.45) is 11.8. The Morgan fingerprint density at radius 3 is 2.57 bits per heavy atom. The Labute approximate surface area is 182 Å². The van der Waals surface area contributed by atoms with Crippen LogP contribution in [0.5, 0.6) is 0 Å². The summed E-state index contributed by atoms with van der Waals surface area (Å²) >= 11 is 0. The number of unbranched alkanes of at least 4 members (excludes halogenated alkanes) is 2. The molecule has 0 heterocycles. The van der Waals surface area contributed by atoms with Crippen molar-refractivity contribution in [2.45, 2.75) is 83.5 Å². The number of hydrogen-bond acceptors (Lipinski definition) is 1. The number of allylic oxidation sites excluding steroid dienone is 1. The van der Waals surface area contributed by atoms with Crippen LogP contribution in [0, 0.1) is 0 Å². The highest BCUT2D eigenvalue weighted by molar-refractivity contribution is 5.87. The van der Waals surface area contributed by atoms with Crippen molar-refractivity contribution in [3.8, 4) is 0 Å². The Balaban J connectivity index is 1.88. The Morgan fingerprint density at radius 1 is 1.17 bits per heavy atom. The van der Waals surface area contributed by atoms with Crippen molar-refractivity contribution in [2.75, 3.05) is 0 Å². The molecule has 0 amide bonds. The van der Waals surface area contributed by atoms with E-state index in [0.717, 1.165) is 12.0 Å². The van der Waals surface area contributed by atoms with E-state index in [1.54, 1.807) is 12.1 Å². The number of carboxylic acid groups (broad SMARTS) is 1. The van der Waals surface area contributed by atoms with E-state index in [-0.39, 0.29) is 5.41 Å². The summed E-state index contributed by atoms with van der Waals surface area (Å²) in [6, 6.07) is 14.3. The normalized spacial score (nSPS) is 18.9. The van der Waals surface area contributed by atoms with Crippen molar-refractivity contribution in [3.63, 3.8) is 0 Å². The maximum Gasteiger partial charge on any atom is 0.335 e. The molecule has 0 aliphatic heterocycles. The highest BCUT2D eigenvalue weighted by Gasteiger charge is 2.31. The van der Waals surface area contributed by atoms with Gasteiger partial charge in [0.25, 0.3) is 0 Å². The molecule has 0 saturated carbocycles. The molecule has 2 aromatic rings. The smallest absolute Gasteiger partial charge is 0.335 e. The molecule has 160 valence electrons. The molecule has 0 spiro atoms. The predicted molar refractivity (Wildman–Crippen MR) is 126 cm³/mol. The van der Waals surface area contributed by atoms with E-state index in [9.17, 15) is 4.79 Å². The Hall–Kier alpha value is -2.35. The van der Waals surface area contributed by atoms with Crippen molar-refractivity contribution in [1.29, 1.82) is 0 Å². The predicted octanol–water partition coefficient (Wildman–Crippen LogP) is 7.94. The molecular formula is C28H36O2. The molecule has 2 nitrogen and oxygen atoms in total. The van der Waals surface area contributed by atoms with Crippen LogP contribution in [-0.2, 0) is 5.41 Å². The lowest BCUT2D eigenvalue weighted by Gasteiger charge is -2.36. The van der Waals surface area contributed by atoms with Gasteiger partial charge in [-0.15, -0.1) is 0 Å². The van der Waals surface area contributed by atoms with Crippen LogP contribution in [0.4, 0.5) is 0 Å². The van der Waals surface area contributed by atoms with Crippen LogP contribution in [0.3, 0.4) is 0 Å². The molecule has 1 N–H and O–H groups in total. The highest BCUT2D eigenvalue weighted by atomic mass is 16.4. The molecule has 2 aromatic carbocycles. The number of fused-ring (bicyclic) bond motifs is 1. The number of hydrogen-bond donors (Lipinski definition) is 1. The second-order valence-corrected chi connectivity index (χ2v) is 9.56. The molecule has 0 bridgehead atoms. The zero-order chi connectivity index (χ0) is 21.7. The van der Waals surface area contributed by atoms with Gasteiger partial charge in [-0.3, -0.25) is 0 Å². The van der Waals surface area contributed by atoms with Gasteiger partial charge in [-0.25, -0.2) is 4.79 Å². The summed E-state index contributed by atoms with van der Waals surface area (Å²) in [7, 11) is 0. The Kier molecular flexibility index (Phi) is 7.18. The van der Waals surface area contributed by atoms with E-state index < -0.39 is 5.97 Å². The summed E-state index contributed by atoms with van der Waals surface area (Å²) in [5.41, 5.74) is 6.10. The molecule has 0 saturated heterocycles. The minimum atomic E-state index is -0.880. The molecule has 0 radical (unpaired) electrons. The molecule has 2 heteroatoms. The third-order valence-corrected chi connectivity index (χ3v) is 6.76. The molecule has 0 fully saturated rings. The van der Waals surface area contributed by atoms with Gasteiger partial charge in [0.05, 0.1) is 5.56 Å². The van der Waals surface area contributed by atoms with Crippen LogP contribution in [0.25, 0.3) is 6.08 Å². The number of aromatic carboxylic acids is 1. The van der Waals surface area contributed by atoms with E-state index in [1.165, 1.54) is 48.8 Å². The van der Waals surface area contributed by atoms with Gasteiger partial charge >= 0.3 is 5.97 Å². The number of rotatable bonds is 8. The van der Waals surface area contributed by atoms with Crippen molar-refractivity contribution < 1.29 is 9.90 Å². The van der Waals surface area contributed by atoms with E-state index in [4.69, 9.17) is 5.11 Å². The SMILES string of the molecule is CCCCCC(C=Cc1ccc(C(=O)O)cc1)c1ccc2c(c1)C(C)CCC2(C)C. The lowest BCUT2D eigenvalue weighted by molar-refractivity contribution is 0.0697. The quantitative estimate of drug-likeness (QED) is 0.453. The summed E-state index contributed by atoms with van der Waals surface area (Å²) in [5, 5.41) is 9.10. The van der Waals surface area contributed by atoms with E-state index in [1.807, 2.05) is 12.1 Å². The minimum Gasteiger partial charge on any atom is -0.478 e. The third kappa shape index (κ3) is 5.22.